The summed E-state index contributed by atoms with van der Waals surface area (Å²) in [5.41, 5.74) is 1.65. The van der Waals surface area contributed by atoms with Crippen LogP contribution in [0.4, 0.5) is 4.39 Å². The maximum Gasteiger partial charge on any atom is 0.145 e. The molecule has 0 radical (unpaired) electrons. The van der Waals surface area contributed by atoms with Crippen molar-refractivity contribution in [1.82, 2.24) is 5.32 Å². The van der Waals surface area contributed by atoms with Crippen LogP contribution in [-0.2, 0) is 12.8 Å². The Balaban J connectivity index is 2.13. The Morgan fingerprint density at radius 1 is 1.00 bits per heavy atom. The number of likely N-dealkylation sites (N-methyl/N-ethyl adjacent to an activating group) is 1. The molecular weight excluding hydrogens is 332 g/mol. The molecule has 0 aliphatic carbocycles. The first-order valence-electron chi connectivity index (χ1n) is 6.55. The van der Waals surface area contributed by atoms with Crippen molar-refractivity contribution in [3.63, 3.8) is 0 Å². The van der Waals surface area contributed by atoms with Crippen molar-refractivity contribution in [3.05, 3.63) is 68.4 Å². The summed E-state index contributed by atoms with van der Waals surface area (Å²) in [7, 11) is 1.85. The second-order valence-electron chi connectivity index (χ2n) is 4.86. The van der Waals surface area contributed by atoms with Crippen LogP contribution in [0.15, 0.2) is 36.4 Å². The highest BCUT2D eigenvalue weighted by Gasteiger charge is 2.13. The molecular formula is C16H15Cl3FN. The van der Waals surface area contributed by atoms with E-state index in [2.05, 4.69) is 5.32 Å². The maximum absolute atomic E-state index is 14.0. The van der Waals surface area contributed by atoms with Gasteiger partial charge >= 0.3 is 0 Å². The van der Waals surface area contributed by atoms with Crippen LogP contribution < -0.4 is 5.32 Å². The van der Waals surface area contributed by atoms with Crippen molar-refractivity contribution in [2.24, 2.45) is 0 Å². The Morgan fingerprint density at radius 2 is 1.76 bits per heavy atom. The minimum atomic E-state index is -0.353. The number of benzene rings is 2. The van der Waals surface area contributed by atoms with E-state index in [0.717, 1.165) is 12.0 Å². The number of hydrogen-bond donors (Lipinski definition) is 1. The Morgan fingerprint density at radius 3 is 2.43 bits per heavy atom. The van der Waals surface area contributed by atoms with Gasteiger partial charge < -0.3 is 5.32 Å². The maximum atomic E-state index is 14.0. The van der Waals surface area contributed by atoms with E-state index in [1.165, 1.54) is 0 Å². The smallest absolute Gasteiger partial charge is 0.145 e. The van der Waals surface area contributed by atoms with Gasteiger partial charge in [-0.2, -0.15) is 0 Å². The summed E-state index contributed by atoms with van der Waals surface area (Å²) in [4.78, 5) is 0. The van der Waals surface area contributed by atoms with Gasteiger partial charge in [0.25, 0.3) is 0 Å². The van der Waals surface area contributed by atoms with Gasteiger partial charge in [0.1, 0.15) is 5.82 Å². The van der Waals surface area contributed by atoms with Gasteiger partial charge in [-0.15, -0.1) is 0 Å². The first kappa shape index (κ1) is 16.6. The van der Waals surface area contributed by atoms with Crippen molar-refractivity contribution in [3.8, 4) is 0 Å². The van der Waals surface area contributed by atoms with Crippen molar-refractivity contribution in [2.45, 2.75) is 18.9 Å². The molecule has 21 heavy (non-hydrogen) atoms. The summed E-state index contributed by atoms with van der Waals surface area (Å²) in [5.74, 6) is -0.353. The fourth-order valence-electron chi connectivity index (χ4n) is 2.20. The summed E-state index contributed by atoms with van der Waals surface area (Å²) in [6, 6.07) is 10.7. The van der Waals surface area contributed by atoms with Crippen LogP contribution in [0.3, 0.4) is 0 Å². The Hall–Kier alpha value is -0.800. The van der Waals surface area contributed by atoms with Gasteiger partial charge in [-0.25, -0.2) is 4.39 Å². The Labute approximate surface area is 139 Å². The highest BCUT2D eigenvalue weighted by molar-refractivity contribution is 6.42. The van der Waals surface area contributed by atoms with Gasteiger partial charge in [-0.05, 0) is 49.2 Å². The fourth-order valence-corrected chi connectivity index (χ4v) is 2.71. The normalized spacial score (nSPS) is 12.4. The molecule has 2 aromatic carbocycles. The zero-order chi connectivity index (χ0) is 15.4. The average Bonchev–Trinajstić information content (AvgIpc) is 2.47. The Bertz CT molecular complexity index is 631. The molecule has 2 rings (SSSR count). The van der Waals surface area contributed by atoms with Gasteiger partial charge in [-0.1, -0.05) is 53.0 Å². The largest absolute Gasteiger partial charge is 0.316 e. The van der Waals surface area contributed by atoms with E-state index >= 15 is 0 Å². The van der Waals surface area contributed by atoms with E-state index in [0.29, 0.717) is 22.0 Å². The van der Waals surface area contributed by atoms with Crippen LogP contribution in [-0.4, -0.2) is 13.1 Å². The highest BCUT2D eigenvalue weighted by atomic mass is 35.5. The third-order valence-electron chi connectivity index (χ3n) is 3.37. The predicted octanol–water partition coefficient (Wildman–Crippen LogP) is 5.16. The van der Waals surface area contributed by atoms with E-state index in [1.807, 2.05) is 19.2 Å². The zero-order valence-corrected chi connectivity index (χ0v) is 13.7. The van der Waals surface area contributed by atoms with Crippen molar-refractivity contribution >= 4 is 34.8 Å². The molecule has 112 valence electrons. The first-order chi connectivity index (χ1) is 10.0. The zero-order valence-electron chi connectivity index (χ0n) is 11.5. The number of rotatable bonds is 5. The molecule has 0 aliphatic heterocycles. The molecule has 2 aromatic rings. The number of nitrogens with one attached hydrogen (secondary N) is 1. The van der Waals surface area contributed by atoms with Crippen LogP contribution in [0.1, 0.15) is 11.1 Å². The van der Waals surface area contributed by atoms with Crippen LogP contribution in [0.2, 0.25) is 15.1 Å². The molecule has 1 N–H and O–H groups in total. The molecule has 0 aromatic heterocycles. The van der Waals surface area contributed by atoms with Crippen molar-refractivity contribution in [2.75, 3.05) is 7.05 Å². The summed E-state index contributed by atoms with van der Waals surface area (Å²) in [5, 5.41) is 4.40. The Kier molecular flexibility index (Phi) is 5.88. The van der Waals surface area contributed by atoms with Crippen LogP contribution in [0.5, 0.6) is 0 Å². The van der Waals surface area contributed by atoms with Crippen LogP contribution in [0, 0.1) is 5.82 Å². The lowest BCUT2D eigenvalue weighted by Crippen LogP contribution is -2.30. The van der Waals surface area contributed by atoms with Crippen molar-refractivity contribution < 1.29 is 4.39 Å². The summed E-state index contributed by atoms with van der Waals surface area (Å²) in [6.07, 6.45) is 1.27. The standard InChI is InChI=1S/C16H15Cl3FN/c1-21-12(7-10-5-6-13(17)15(19)8-10)9-11-3-2-4-14(18)16(11)20/h2-6,8,12,21H,7,9H2,1H3. The molecule has 1 nitrogen and oxygen atoms in total. The third-order valence-corrected chi connectivity index (χ3v) is 4.40. The van der Waals surface area contributed by atoms with E-state index in [9.17, 15) is 4.39 Å². The quantitative estimate of drug-likeness (QED) is 0.788. The number of hydrogen-bond acceptors (Lipinski definition) is 1. The summed E-state index contributed by atoms with van der Waals surface area (Å²) in [6.45, 7) is 0. The minimum absolute atomic E-state index is 0.0789. The van der Waals surface area contributed by atoms with E-state index in [1.54, 1.807) is 24.3 Å². The van der Waals surface area contributed by atoms with Gasteiger partial charge in [-0.3, -0.25) is 0 Å². The van der Waals surface area contributed by atoms with Gasteiger partial charge in [0, 0.05) is 6.04 Å². The van der Waals surface area contributed by atoms with E-state index in [-0.39, 0.29) is 16.9 Å². The predicted molar refractivity (Wildman–Crippen MR) is 88.1 cm³/mol. The van der Waals surface area contributed by atoms with Crippen LogP contribution >= 0.6 is 34.8 Å². The SMILES string of the molecule is CNC(Cc1ccc(Cl)c(Cl)c1)Cc1cccc(Cl)c1F. The molecule has 0 heterocycles. The molecule has 1 atom stereocenters. The third kappa shape index (κ3) is 4.33. The molecule has 0 fully saturated rings. The molecule has 0 saturated heterocycles. The first-order valence-corrected chi connectivity index (χ1v) is 7.68. The molecule has 0 bridgehead atoms. The summed E-state index contributed by atoms with van der Waals surface area (Å²) >= 11 is 17.7. The summed E-state index contributed by atoms with van der Waals surface area (Å²) < 4.78 is 14.0. The monoisotopic (exact) mass is 345 g/mol. The highest BCUT2D eigenvalue weighted by Crippen LogP contribution is 2.24. The van der Waals surface area contributed by atoms with Crippen molar-refractivity contribution in [1.29, 1.82) is 0 Å². The lowest BCUT2D eigenvalue weighted by molar-refractivity contribution is 0.532. The molecule has 0 aliphatic rings. The van der Waals surface area contributed by atoms with Gasteiger partial charge in [0.2, 0.25) is 0 Å². The van der Waals surface area contributed by atoms with E-state index < -0.39 is 0 Å². The topological polar surface area (TPSA) is 12.0 Å². The lowest BCUT2D eigenvalue weighted by atomic mass is 9.99. The molecule has 5 heteroatoms. The average molecular weight is 347 g/mol. The second kappa shape index (κ2) is 7.46. The van der Waals surface area contributed by atoms with E-state index in [4.69, 9.17) is 34.8 Å². The molecule has 1 unspecified atom stereocenters. The fraction of sp³-hybridized carbons (Fsp3) is 0.250. The van der Waals surface area contributed by atoms with Crippen LogP contribution in [0.25, 0.3) is 0 Å². The minimum Gasteiger partial charge on any atom is -0.316 e. The van der Waals surface area contributed by atoms with Gasteiger partial charge in [0.15, 0.2) is 0 Å². The molecule has 0 amide bonds. The second-order valence-corrected chi connectivity index (χ2v) is 6.08. The molecule has 0 spiro atoms. The van der Waals surface area contributed by atoms with Gasteiger partial charge in [0.05, 0.1) is 15.1 Å². The molecule has 0 saturated carbocycles. The number of halogens is 4. The lowest BCUT2D eigenvalue weighted by Gasteiger charge is -2.17.